The molecule has 0 fully saturated rings. The molecule has 0 aliphatic heterocycles. The first kappa shape index (κ1) is 13.6. The summed E-state index contributed by atoms with van der Waals surface area (Å²) in [6.07, 6.45) is 1.53. The van der Waals surface area contributed by atoms with Gasteiger partial charge >= 0.3 is 5.97 Å². The molecule has 1 aromatic carbocycles. The van der Waals surface area contributed by atoms with Crippen LogP contribution in [-0.2, 0) is 4.74 Å². The number of nitrogen functional groups attached to an aromatic ring is 1. The molecular weight excluding hydrogens is 310 g/mol. The molecule has 0 bridgehead atoms. The zero-order valence-corrected chi connectivity index (χ0v) is 12.3. The minimum absolute atomic E-state index is 0.143. The second kappa shape index (κ2) is 5.44. The fourth-order valence-corrected chi connectivity index (χ4v) is 2.27. The summed E-state index contributed by atoms with van der Waals surface area (Å²) in [6, 6.07) is 5.79. The van der Waals surface area contributed by atoms with Crippen LogP contribution in [0, 0.1) is 6.92 Å². The molecule has 1 heterocycles. The molecule has 2 N–H and O–H groups in total. The van der Waals surface area contributed by atoms with E-state index in [9.17, 15) is 4.79 Å². The molecule has 0 unspecified atom stereocenters. The number of carbonyl (C=O) groups excluding carboxylic acids is 1. The molecule has 2 rings (SSSR count). The number of nitrogens with zero attached hydrogens (tertiary/aromatic N) is 2. The summed E-state index contributed by atoms with van der Waals surface area (Å²) in [5.41, 5.74) is 8.00. The zero-order valence-electron chi connectivity index (χ0n) is 10.7. The number of imidazole rings is 1. The topological polar surface area (TPSA) is 70.1 Å². The minimum Gasteiger partial charge on any atom is -0.461 e. The van der Waals surface area contributed by atoms with Gasteiger partial charge in [0.25, 0.3) is 0 Å². The van der Waals surface area contributed by atoms with Crippen molar-refractivity contribution in [2.45, 2.75) is 13.8 Å². The molecule has 0 spiro atoms. The number of nitrogens with two attached hydrogens (primary N) is 1. The highest BCUT2D eigenvalue weighted by Gasteiger charge is 2.18. The second-order valence-electron chi connectivity index (χ2n) is 4.00. The number of anilines is 1. The predicted molar refractivity (Wildman–Crippen MR) is 76.4 cm³/mol. The van der Waals surface area contributed by atoms with E-state index in [1.807, 2.05) is 25.1 Å². The van der Waals surface area contributed by atoms with Crippen LogP contribution in [0.25, 0.3) is 5.69 Å². The predicted octanol–water partition coefficient (Wildman–Crippen LogP) is 2.70. The minimum atomic E-state index is -0.506. The van der Waals surface area contributed by atoms with E-state index in [0.29, 0.717) is 6.61 Å². The summed E-state index contributed by atoms with van der Waals surface area (Å²) in [7, 11) is 0. The number of esters is 1. The summed E-state index contributed by atoms with van der Waals surface area (Å²) >= 11 is 3.41. The summed E-state index contributed by atoms with van der Waals surface area (Å²) in [4.78, 5) is 15.7. The van der Waals surface area contributed by atoms with E-state index in [1.54, 1.807) is 11.5 Å². The van der Waals surface area contributed by atoms with Gasteiger partial charge in [-0.1, -0.05) is 15.9 Å². The Morgan fingerprint density at radius 2 is 2.26 bits per heavy atom. The Balaban J connectivity index is 2.44. The number of rotatable bonds is 3. The van der Waals surface area contributed by atoms with Gasteiger partial charge in [0.15, 0.2) is 5.69 Å². The molecule has 0 amide bonds. The van der Waals surface area contributed by atoms with Gasteiger partial charge in [-0.2, -0.15) is 0 Å². The van der Waals surface area contributed by atoms with Crippen LogP contribution in [0.5, 0.6) is 0 Å². The maximum Gasteiger partial charge on any atom is 0.360 e. The standard InChI is InChI=1S/C13H14BrN3O2/c1-3-19-13(18)11-12(15)17(7-16-11)10-5-4-9(14)6-8(10)2/h4-7H,3,15H2,1-2H3. The average Bonchev–Trinajstić information content (AvgIpc) is 2.72. The Labute approximate surface area is 119 Å². The Bertz CT molecular complexity index is 622. The van der Waals surface area contributed by atoms with Crippen LogP contribution in [0.1, 0.15) is 23.0 Å². The van der Waals surface area contributed by atoms with Gasteiger partial charge in [0, 0.05) is 4.47 Å². The van der Waals surface area contributed by atoms with Crippen molar-refractivity contribution in [3.63, 3.8) is 0 Å². The van der Waals surface area contributed by atoms with Gasteiger partial charge in [0.2, 0.25) is 0 Å². The van der Waals surface area contributed by atoms with E-state index < -0.39 is 5.97 Å². The van der Waals surface area contributed by atoms with Crippen molar-refractivity contribution in [3.8, 4) is 5.69 Å². The third-order valence-electron chi connectivity index (χ3n) is 2.69. The highest BCUT2D eigenvalue weighted by molar-refractivity contribution is 9.10. The smallest absolute Gasteiger partial charge is 0.360 e. The number of halogens is 1. The molecule has 5 nitrogen and oxygen atoms in total. The Morgan fingerprint density at radius 1 is 1.53 bits per heavy atom. The van der Waals surface area contributed by atoms with Crippen molar-refractivity contribution in [2.24, 2.45) is 0 Å². The Kier molecular flexibility index (Phi) is 3.90. The number of carbonyl (C=O) groups is 1. The van der Waals surface area contributed by atoms with Crippen LogP contribution in [-0.4, -0.2) is 22.1 Å². The molecule has 0 aliphatic carbocycles. The highest BCUT2D eigenvalue weighted by Crippen LogP contribution is 2.23. The monoisotopic (exact) mass is 323 g/mol. The molecule has 1 aromatic heterocycles. The first-order chi connectivity index (χ1) is 9.04. The van der Waals surface area contributed by atoms with Gasteiger partial charge in [0.05, 0.1) is 12.3 Å². The molecule has 100 valence electrons. The lowest BCUT2D eigenvalue weighted by Crippen LogP contribution is -2.09. The highest BCUT2D eigenvalue weighted by atomic mass is 79.9. The molecule has 19 heavy (non-hydrogen) atoms. The van der Waals surface area contributed by atoms with E-state index in [0.717, 1.165) is 15.7 Å². The number of ether oxygens (including phenoxy) is 1. The first-order valence-electron chi connectivity index (χ1n) is 5.81. The van der Waals surface area contributed by atoms with Gasteiger partial charge in [0.1, 0.15) is 12.1 Å². The third-order valence-corrected chi connectivity index (χ3v) is 3.18. The number of aryl methyl sites for hydroxylation is 1. The van der Waals surface area contributed by atoms with Crippen molar-refractivity contribution in [1.29, 1.82) is 0 Å². The third kappa shape index (κ3) is 2.63. The lowest BCUT2D eigenvalue weighted by molar-refractivity contribution is 0.0521. The Hall–Kier alpha value is -1.82. The normalized spacial score (nSPS) is 10.5. The SMILES string of the molecule is CCOC(=O)c1ncn(-c2ccc(Br)cc2C)c1N. The maximum atomic E-state index is 11.7. The Morgan fingerprint density at radius 3 is 2.89 bits per heavy atom. The van der Waals surface area contributed by atoms with Crippen LogP contribution in [0.3, 0.4) is 0 Å². The first-order valence-corrected chi connectivity index (χ1v) is 6.60. The maximum absolute atomic E-state index is 11.7. The molecule has 0 atom stereocenters. The lowest BCUT2D eigenvalue weighted by atomic mass is 10.2. The van der Waals surface area contributed by atoms with Crippen LogP contribution in [0.15, 0.2) is 29.0 Å². The van der Waals surface area contributed by atoms with Gasteiger partial charge in [-0.25, -0.2) is 9.78 Å². The summed E-state index contributed by atoms with van der Waals surface area (Å²) in [5.74, 6) is -0.225. The molecular formula is C13H14BrN3O2. The summed E-state index contributed by atoms with van der Waals surface area (Å²) < 4.78 is 7.56. The van der Waals surface area contributed by atoms with Gasteiger partial charge < -0.3 is 10.5 Å². The van der Waals surface area contributed by atoms with Gasteiger partial charge in [-0.05, 0) is 37.6 Å². The number of benzene rings is 1. The van der Waals surface area contributed by atoms with Crippen molar-refractivity contribution in [2.75, 3.05) is 12.3 Å². The van der Waals surface area contributed by atoms with Crippen molar-refractivity contribution >= 4 is 27.7 Å². The van der Waals surface area contributed by atoms with E-state index in [-0.39, 0.29) is 11.5 Å². The van der Waals surface area contributed by atoms with E-state index in [4.69, 9.17) is 10.5 Å². The molecule has 0 saturated carbocycles. The van der Waals surface area contributed by atoms with E-state index in [2.05, 4.69) is 20.9 Å². The number of hydrogen-bond donors (Lipinski definition) is 1. The molecule has 2 aromatic rings. The van der Waals surface area contributed by atoms with Crippen LogP contribution in [0.2, 0.25) is 0 Å². The lowest BCUT2D eigenvalue weighted by Gasteiger charge is -2.09. The summed E-state index contributed by atoms with van der Waals surface area (Å²) in [6.45, 7) is 4.00. The van der Waals surface area contributed by atoms with Crippen LogP contribution < -0.4 is 5.73 Å². The van der Waals surface area contributed by atoms with Crippen molar-refractivity contribution in [1.82, 2.24) is 9.55 Å². The van der Waals surface area contributed by atoms with Gasteiger partial charge in [-0.15, -0.1) is 0 Å². The molecule has 0 radical (unpaired) electrons. The zero-order chi connectivity index (χ0) is 14.0. The van der Waals surface area contributed by atoms with Crippen molar-refractivity contribution in [3.05, 3.63) is 40.3 Å². The van der Waals surface area contributed by atoms with Crippen LogP contribution >= 0.6 is 15.9 Å². The fourth-order valence-electron chi connectivity index (χ4n) is 1.80. The quantitative estimate of drug-likeness (QED) is 0.881. The van der Waals surface area contributed by atoms with Gasteiger partial charge in [-0.3, -0.25) is 4.57 Å². The largest absolute Gasteiger partial charge is 0.461 e. The summed E-state index contributed by atoms with van der Waals surface area (Å²) in [5, 5.41) is 0. The van der Waals surface area contributed by atoms with E-state index in [1.165, 1.54) is 6.33 Å². The molecule has 0 aliphatic rings. The fraction of sp³-hybridized carbons (Fsp3) is 0.231. The molecule has 6 heteroatoms. The van der Waals surface area contributed by atoms with Crippen molar-refractivity contribution < 1.29 is 9.53 Å². The molecule has 0 saturated heterocycles. The van der Waals surface area contributed by atoms with E-state index >= 15 is 0 Å². The number of aromatic nitrogens is 2. The average molecular weight is 324 g/mol. The number of hydrogen-bond acceptors (Lipinski definition) is 4. The second-order valence-corrected chi connectivity index (χ2v) is 4.92. The van der Waals surface area contributed by atoms with Crippen LogP contribution in [0.4, 0.5) is 5.82 Å².